The van der Waals surface area contributed by atoms with Gasteiger partial charge in [0, 0.05) is 6.92 Å². The summed E-state index contributed by atoms with van der Waals surface area (Å²) in [7, 11) is 0. The van der Waals surface area contributed by atoms with Crippen LogP contribution in [0.3, 0.4) is 0 Å². The predicted octanol–water partition coefficient (Wildman–Crippen LogP) is 7.78. The molecule has 25 heteroatoms. The Labute approximate surface area is 185 Å². The molecule has 2 atom stereocenters. The highest BCUT2D eigenvalue weighted by atomic mass is 19.4. The van der Waals surface area contributed by atoms with Crippen LogP contribution in [0.2, 0.25) is 0 Å². The maximum atomic E-state index is 13.8. The number of halogens is 23. The van der Waals surface area contributed by atoms with Gasteiger partial charge >= 0.3 is 66.1 Å². The minimum absolute atomic E-state index is 1.03. The lowest BCUT2D eigenvalue weighted by Crippen LogP contribution is -2.72. The van der Waals surface area contributed by atoms with Crippen molar-refractivity contribution in [2.45, 2.75) is 73.1 Å². The molecular formula is C12H3F23O2. The Morgan fingerprint density at radius 3 is 0.919 bits per heavy atom. The molecule has 0 amide bonds. The van der Waals surface area contributed by atoms with Gasteiger partial charge in [-0.25, -0.2) is 4.39 Å². The standard InChI is InChI=1S/C12H3F23O2/c1-2(13,8(23,24)25)36-12(34,35)7(22,10(29,30)31)37-11(32,33)6(20,21)4(16,17)3(14,15)5(18,19)9(26,27)28/h1H3. The minimum atomic E-state index is -8.98. The van der Waals surface area contributed by atoms with Crippen molar-refractivity contribution < 1.29 is 110 Å². The Kier molecular flexibility index (Phi) is 8.26. The molecular weight excluding hydrogens is 613 g/mol. The average molecular weight is 616 g/mol. The Balaban J connectivity index is 6.95. The van der Waals surface area contributed by atoms with Crippen molar-refractivity contribution >= 4 is 0 Å². The highest BCUT2D eigenvalue weighted by molar-refractivity contribution is 5.09. The summed E-state index contributed by atoms with van der Waals surface area (Å²) < 4.78 is 298. The van der Waals surface area contributed by atoms with E-state index >= 15 is 0 Å². The predicted molar refractivity (Wildman–Crippen MR) is 63.4 cm³/mol. The van der Waals surface area contributed by atoms with E-state index in [9.17, 15) is 101 Å². The molecule has 0 aromatic heterocycles. The Bertz CT molecular complexity index is 815. The number of hydrogen-bond donors (Lipinski definition) is 0. The SMILES string of the molecule is CC(F)(OC(F)(F)C(F)(OC(F)(F)C(F)(F)C(F)(F)C(F)(F)C(F)(F)C(F)(F)F)C(F)(F)F)C(F)(F)F. The highest BCUT2D eigenvalue weighted by Gasteiger charge is 2.93. The van der Waals surface area contributed by atoms with Crippen LogP contribution in [0.15, 0.2) is 0 Å². The summed E-state index contributed by atoms with van der Waals surface area (Å²) in [6.45, 7) is -1.33. The van der Waals surface area contributed by atoms with Gasteiger partial charge in [0.1, 0.15) is 0 Å². The zero-order chi connectivity index (χ0) is 30.9. The van der Waals surface area contributed by atoms with E-state index in [2.05, 4.69) is 0 Å². The van der Waals surface area contributed by atoms with Gasteiger partial charge in [0.15, 0.2) is 0 Å². The molecule has 2 unspecified atom stereocenters. The van der Waals surface area contributed by atoms with Crippen LogP contribution in [0.25, 0.3) is 0 Å². The molecule has 0 rings (SSSR count). The van der Waals surface area contributed by atoms with E-state index in [0.717, 1.165) is 4.74 Å². The zero-order valence-corrected chi connectivity index (χ0v) is 16.0. The molecule has 0 radical (unpaired) electrons. The second-order valence-corrected chi connectivity index (χ2v) is 6.54. The quantitative estimate of drug-likeness (QED) is 0.247. The second-order valence-electron chi connectivity index (χ2n) is 6.54. The van der Waals surface area contributed by atoms with Crippen molar-refractivity contribution in [1.29, 1.82) is 0 Å². The fourth-order valence-electron chi connectivity index (χ4n) is 1.64. The zero-order valence-electron chi connectivity index (χ0n) is 16.0. The monoisotopic (exact) mass is 616 g/mol. The lowest BCUT2D eigenvalue weighted by Gasteiger charge is -2.42. The number of hydrogen-bond acceptors (Lipinski definition) is 2. The van der Waals surface area contributed by atoms with E-state index < -0.39 is 73.1 Å². The van der Waals surface area contributed by atoms with Crippen LogP contribution < -0.4 is 0 Å². The summed E-state index contributed by atoms with van der Waals surface area (Å²) in [6.07, 6.45) is -39.8. The molecule has 0 aromatic carbocycles. The van der Waals surface area contributed by atoms with Gasteiger partial charge in [-0.1, -0.05) is 0 Å². The van der Waals surface area contributed by atoms with Gasteiger partial charge in [-0.3, -0.25) is 9.47 Å². The smallest absolute Gasteiger partial charge is 0.270 e. The van der Waals surface area contributed by atoms with Crippen LogP contribution in [0.1, 0.15) is 6.92 Å². The Morgan fingerprint density at radius 2 is 0.649 bits per heavy atom. The maximum absolute atomic E-state index is 13.8. The molecule has 224 valence electrons. The minimum Gasteiger partial charge on any atom is -0.270 e. The second kappa shape index (κ2) is 8.66. The third-order valence-electron chi connectivity index (χ3n) is 3.74. The van der Waals surface area contributed by atoms with Crippen LogP contribution in [-0.4, -0.2) is 66.1 Å². The van der Waals surface area contributed by atoms with Crippen LogP contribution in [0.5, 0.6) is 0 Å². The normalized spacial score (nSPS) is 19.5. The molecule has 0 heterocycles. The Hall–Kier alpha value is -1.69. The van der Waals surface area contributed by atoms with Gasteiger partial charge in [0.25, 0.3) is 0 Å². The third-order valence-corrected chi connectivity index (χ3v) is 3.74. The fraction of sp³-hybridized carbons (Fsp3) is 1.00. The number of ether oxygens (including phenoxy) is 2. The average Bonchev–Trinajstić information content (AvgIpc) is 2.56. The largest absolute Gasteiger partial charge is 0.460 e. The summed E-state index contributed by atoms with van der Waals surface area (Å²) in [4.78, 5) is 0. The highest BCUT2D eigenvalue weighted by Crippen LogP contribution is 2.62. The third kappa shape index (κ3) is 5.29. The molecule has 0 fully saturated rings. The van der Waals surface area contributed by atoms with Crippen molar-refractivity contribution in [1.82, 2.24) is 0 Å². The molecule has 0 aliphatic heterocycles. The van der Waals surface area contributed by atoms with Crippen molar-refractivity contribution in [2.75, 3.05) is 0 Å². The summed E-state index contributed by atoms with van der Waals surface area (Å²) in [5.41, 5.74) is 0. The van der Waals surface area contributed by atoms with E-state index in [-0.39, 0.29) is 0 Å². The Morgan fingerprint density at radius 1 is 0.324 bits per heavy atom. The van der Waals surface area contributed by atoms with Crippen molar-refractivity contribution in [3.05, 3.63) is 0 Å². The molecule has 37 heavy (non-hydrogen) atoms. The first kappa shape index (κ1) is 35.3. The van der Waals surface area contributed by atoms with Gasteiger partial charge in [-0.05, 0) is 0 Å². The first-order chi connectivity index (χ1) is 15.4. The van der Waals surface area contributed by atoms with Crippen LogP contribution in [0, 0.1) is 0 Å². The summed E-state index contributed by atoms with van der Waals surface area (Å²) in [5.74, 6) is -49.8. The molecule has 0 bridgehead atoms. The topological polar surface area (TPSA) is 18.5 Å². The molecule has 2 nitrogen and oxygen atoms in total. The molecule has 0 aliphatic rings. The van der Waals surface area contributed by atoms with Crippen molar-refractivity contribution in [3.8, 4) is 0 Å². The van der Waals surface area contributed by atoms with Crippen molar-refractivity contribution in [2.24, 2.45) is 0 Å². The summed E-state index contributed by atoms with van der Waals surface area (Å²) in [6, 6.07) is 0. The van der Waals surface area contributed by atoms with E-state index in [1.165, 1.54) is 0 Å². The molecule has 0 saturated heterocycles. The van der Waals surface area contributed by atoms with Gasteiger partial charge in [0.2, 0.25) is 0 Å². The van der Waals surface area contributed by atoms with Crippen LogP contribution in [-0.2, 0) is 9.47 Å². The first-order valence-electron chi connectivity index (χ1n) is 7.66. The number of alkyl halides is 23. The lowest BCUT2D eigenvalue weighted by atomic mass is 9.97. The molecule has 0 aromatic rings. The van der Waals surface area contributed by atoms with Crippen LogP contribution in [0.4, 0.5) is 101 Å². The molecule has 0 aliphatic carbocycles. The van der Waals surface area contributed by atoms with Crippen molar-refractivity contribution in [3.63, 3.8) is 0 Å². The summed E-state index contributed by atoms with van der Waals surface area (Å²) in [5, 5.41) is 0. The number of rotatable bonds is 9. The van der Waals surface area contributed by atoms with Crippen LogP contribution >= 0.6 is 0 Å². The van der Waals surface area contributed by atoms with Gasteiger partial charge in [-0.2, -0.15) is 96.6 Å². The van der Waals surface area contributed by atoms with Gasteiger partial charge in [0.05, 0.1) is 0 Å². The maximum Gasteiger partial charge on any atom is 0.460 e. The van der Waals surface area contributed by atoms with E-state index in [1.54, 1.807) is 4.74 Å². The van der Waals surface area contributed by atoms with E-state index in [0.29, 0.717) is 0 Å². The van der Waals surface area contributed by atoms with Gasteiger partial charge in [-0.15, -0.1) is 0 Å². The van der Waals surface area contributed by atoms with E-state index in [4.69, 9.17) is 0 Å². The fourth-order valence-corrected chi connectivity index (χ4v) is 1.64. The first-order valence-corrected chi connectivity index (χ1v) is 7.66. The lowest BCUT2D eigenvalue weighted by molar-refractivity contribution is -0.553. The molecule has 0 spiro atoms. The molecule has 0 saturated carbocycles. The summed E-state index contributed by atoms with van der Waals surface area (Å²) >= 11 is 0. The van der Waals surface area contributed by atoms with E-state index in [1.807, 2.05) is 0 Å². The molecule has 0 N–H and O–H groups in total. The van der Waals surface area contributed by atoms with Gasteiger partial charge < -0.3 is 0 Å².